The Labute approximate surface area is 129 Å². The molecular formula is C12H12ClN7S. The second-order valence-corrected chi connectivity index (χ2v) is 6.39. The number of nitrogens with one attached hydrogen (secondary N) is 2. The molecule has 1 saturated heterocycles. The maximum absolute atomic E-state index is 6.40. The third kappa shape index (κ3) is 2.11. The summed E-state index contributed by atoms with van der Waals surface area (Å²) in [6.45, 7) is 2.03. The first kappa shape index (κ1) is 13.1. The van der Waals surface area contributed by atoms with Crippen LogP contribution in [-0.2, 0) is 0 Å². The SMILES string of the molecule is CC1NNC(c2nn3c(-c4cccnc4)nnc3s2)C1Cl. The van der Waals surface area contributed by atoms with E-state index in [0.717, 1.165) is 15.5 Å². The summed E-state index contributed by atoms with van der Waals surface area (Å²) in [7, 11) is 0. The first-order chi connectivity index (χ1) is 10.2. The number of halogens is 1. The van der Waals surface area contributed by atoms with E-state index >= 15 is 0 Å². The topological polar surface area (TPSA) is 80.0 Å². The van der Waals surface area contributed by atoms with Gasteiger partial charge in [0.25, 0.3) is 0 Å². The van der Waals surface area contributed by atoms with Crippen molar-refractivity contribution in [1.82, 2.24) is 35.6 Å². The number of hydrogen-bond donors (Lipinski definition) is 2. The van der Waals surface area contributed by atoms with Crippen molar-refractivity contribution in [3.63, 3.8) is 0 Å². The van der Waals surface area contributed by atoms with Crippen LogP contribution in [0.4, 0.5) is 0 Å². The van der Waals surface area contributed by atoms with Gasteiger partial charge in [0, 0.05) is 24.0 Å². The largest absolute Gasteiger partial charge is 0.264 e. The van der Waals surface area contributed by atoms with Gasteiger partial charge in [0.15, 0.2) is 5.82 Å². The van der Waals surface area contributed by atoms with E-state index in [4.69, 9.17) is 11.6 Å². The van der Waals surface area contributed by atoms with Crippen LogP contribution in [0, 0.1) is 0 Å². The number of nitrogens with zero attached hydrogens (tertiary/aromatic N) is 5. The molecule has 21 heavy (non-hydrogen) atoms. The molecule has 1 aliphatic heterocycles. The van der Waals surface area contributed by atoms with Crippen LogP contribution in [0.3, 0.4) is 0 Å². The minimum Gasteiger partial charge on any atom is -0.264 e. The molecule has 0 aromatic carbocycles. The highest BCUT2D eigenvalue weighted by Gasteiger charge is 2.35. The molecule has 3 atom stereocenters. The van der Waals surface area contributed by atoms with E-state index in [0.29, 0.717) is 5.82 Å². The minimum absolute atomic E-state index is 0.0323. The zero-order valence-electron chi connectivity index (χ0n) is 11.1. The van der Waals surface area contributed by atoms with Gasteiger partial charge in [0.05, 0.1) is 11.4 Å². The second-order valence-electron chi connectivity index (χ2n) is 4.90. The van der Waals surface area contributed by atoms with Gasteiger partial charge in [-0.3, -0.25) is 10.4 Å². The lowest BCUT2D eigenvalue weighted by Crippen LogP contribution is -2.29. The predicted molar refractivity (Wildman–Crippen MR) is 80.0 cm³/mol. The summed E-state index contributed by atoms with van der Waals surface area (Å²) in [6.07, 6.45) is 3.47. The molecule has 0 amide bonds. The minimum atomic E-state index is -0.0596. The molecule has 108 valence electrons. The summed E-state index contributed by atoms with van der Waals surface area (Å²) in [5, 5.41) is 13.8. The van der Waals surface area contributed by atoms with Crippen LogP contribution in [0.15, 0.2) is 24.5 Å². The van der Waals surface area contributed by atoms with Gasteiger partial charge in [-0.25, -0.2) is 5.43 Å². The van der Waals surface area contributed by atoms with Crippen molar-refractivity contribution in [2.45, 2.75) is 24.4 Å². The van der Waals surface area contributed by atoms with E-state index in [9.17, 15) is 0 Å². The summed E-state index contributed by atoms with van der Waals surface area (Å²) in [5.41, 5.74) is 7.19. The van der Waals surface area contributed by atoms with Crippen molar-refractivity contribution in [1.29, 1.82) is 0 Å². The van der Waals surface area contributed by atoms with Crippen LogP contribution in [0.2, 0.25) is 0 Å². The van der Waals surface area contributed by atoms with E-state index in [-0.39, 0.29) is 17.5 Å². The van der Waals surface area contributed by atoms with E-state index < -0.39 is 0 Å². The Morgan fingerprint density at radius 2 is 2.24 bits per heavy atom. The van der Waals surface area contributed by atoms with Gasteiger partial charge in [-0.1, -0.05) is 11.3 Å². The van der Waals surface area contributed by atoms with Gasteiger partial charge in [-0.15, -0.1) is 21.8 Å². The maximum atomic E-state index is 6.40. The molecule has 9 heteroatoms. The molecule has 4 rings (SSSR count). The van der Waals surface area contributed by atoms with Crippen molar-refractivity contribution < 1.29 is 0 Å². The van der Waals surface area contributed by atoms with E-state index in [1.54, 1.807) is 16.9 Å². The standard InChI is InChI=1S/C12H12ClN7S/c1-6-8(13)9(16-15-6)11-19-20-10(17-18-12(20)21-11)7-3-2-4-14-5-7/h2-6,8-9,15-16H,1H3. The smallest absolute Gasteiger partial charge is 0.235 e. The van der Waals surface area contributed by atoms with E-state index in [2.05, 4.69) is 31.1 Å². The van der Waals surface area contributed by atoms with Crippen LogP contribution >= 0.6 is 22.9 Å². The van der Waals surface area contributed by atoms with Crippen molar-refractivity contribution in [2.24, 2.45) is 0 Å². The van der Waals surface area contributed by atoms with Crippen LogP contribution in [0.1, 0.15) is 18.0 Å². The Bertz CT molecular complexity index is 770. The average molecular weight is 322 g/mol. The van der Waals surface area contributed by atoms with Crippen LogP contribution in [-0.4, -0.2) is 36.2 Å². The highest BCUT2D eigenvalue weighted by molar-refractivity contribution is 7.16. The summed E-state index contributed by atoms with van der Waals surface area (Å²) < 4.78 is 1.74. The quantitative estimate of drug-likeness (QED) is 0.694. The summed E-state index contributed by atoms with van der Waals surface area (Å²) in [6, 6.07) is 3.95. The molecular weight excluding hydrogens is 310 g/mol. The van der Waals surface area contributed by atoms with Crippen molar-refractivity contribution >= 4 is 27.9 Å². The normalized spacial score (nSPS) is 25.7. The fourth-order valence-electron chi connectivity index (χ4n) is 2.30. The van der Waals surface area contributed by atoms with Gasteiger partial charge in [0.2, 0.25) is 4.96 Å². The monoisotopic (exact) mass is 321 g/mol. The number of hydrogen-bond acceptors (Lipinski definition) is 7. The lowest BCUT2D eigenvalue weighted by Gasteiger charge is -2.10. The van der Waals surface area contributed by atoms with E-state index in [1.807, 2.05) is 19.1 Å². The molecule has 4 heterocycles. The molecule has 0 aliphatic carbocycles. The Hall–Kier alpha value is -1.61. The Kier molecular flexibility index (Phi) is 3.11. The number of pyridine rings is 1. The summed E-state index contributed by atoms with van der Waals surface area (Å²) in [4.78, 5) is 4.85. The van der Waals surface area contributed by atoms with Gasteiger partial charge < -0.3 is 0 Å². The van der Waals surface area contributed by atoms with Crippen LogP contribution < -0.4 is 10.9 Å². The lowest BCUT2D eigenvalue weighted by molar-refractivity contribution is 0.555. The first-order valence-electron chi connectivity index (χ1n) is 6.51. The summed E-state index contributed by atoms with van der Waals surface area (Å²) >= 11 is 7.89. The molecule has 1 aliphatic rings. The number of hydrazine groups is 1. The van der Waals surface area contributed by atoms with Gasteiger partial charge >= 0.3 is 0 Å². The lowest BCUT2D eigenvalue weighted by atomic mass is 10.1. The maximum Gasteiger partial charge on any atom is 0.235 e. The molecule has 3 aromatic rings. The second kappa shape index (κ2) is 4.99. The number of alkyl halides is 1. The molecule has 0 saturated carbocycles. The van der Waals surface area contributed by atoms with Crippen molar-refractivity contribution in [3.05, 3.63) is 29.5 Å². The zero-order valence-corrected chi connectivity index (χ0v) is 12.6. The average Bonchev–Trinajstić information content (AvgIpc) is 3.15. The molecule has 0 radical (unpaired) electrons. The first-order valence-corrected chi connectivity index (χ1v) is 7.77. The molecule has 1 fully saturated rings. The highest BCUT2D eigenvalue weighted by atomic mass is 35.5. The Balaban J connectivity index is 1.76. The number of fused-ring (bicyclic) bond motifs is 1. The van der Waals surface area contributed by atoms with Gasteiger partial charge in [0.1, 0.15) is 5.01 Å². The van der Waals surface area contributed by atoms with E-state index in [1.165, 1.54) is 11.3 Å². The predicted octanol–water partition coefficient (Wildman–Crippen LogP) is 1.39. The fourth-order valence-corrected chi connectivity index (χ4v) is 3.56. The number of rotatable bonds is 2. The van der Waals surface area contributed by atoms with Gasteiger partial charge in [-0.05, 0) is 19.1 Å². The Morgan fingerprint density at radius 3 is 2.95 bits per heavy atom. The molecule has 0 bridgehead atoms. The van der Waals surface area contributed by atoms with Gasteiger partial charge in [-0.2, -0.15) is 9.61 Å². The summed E-state index contributed by atoms with van der Waals surface area (Å²) in [5.74, 6) is 0.686. The third-order valence-electron chi connectivity index (χ3n) is 3.45. The molecule has 3 unspecified atom stereocenters. The molecule has 7 nitrogen and oxygen atoms in total. The highest BCUT2D eigenvalue weighted by Crippen LogP contribution is 2.31. The molecule has 3 aromatic heterocycles. The molecule has 2 N–H and O–H groups in total. The van der Waals surface area contributed by atoms with Crippen LogP contribution in [0.5, 0.6) is 0 Å². The fraction of sp³-hybridized carbons (Fsp3) is 0.333. The van der Waals surface area contributed by atoms with Crippen molar-refractivity contribution in [3.8, 4) is 11.4 Å². The Morgan fingerprint density at radius 1 is 1.33 bits per heavy atom. The zero-order chi connectivity index (χ0) is 14.4. The molecule has 0 spiro atoms. The van der Waals surface area contributed by atoms with Crippen LogP contribution in [0.25, 0.3) is 16.3 Å². The third-order valence-corrected chi connectivity index (χ3v) is 5.07. The number of aromatic nitrogens is 5. The van der Waals surface area contributed by atoms with Crippen molar-refractivity contribution in [2.75, 3.05) is 0 Å².